The predicted octanol–water partition coefficient (Wildman–Crippen LogP) is 3.24. The molecular weight excluding hydrogens is 210 g/mol. The van der Waals surface area contributed by atoms with Crippen molar-refractivity contribution in [3.63, 3.8) is 0 Å². The predicted molar refractivity (Wildman–Crippen MR) is 72.1 cm³/mol. The van der Waals surface area contributed by atoms with Crippen molar-refractivity contribution in [2.45, 2.75) is 82.7 Å². The number of aliphatic hydroxyl groups is 1. The highest BCUT2D eigenvalue weighted by Crippen LogP contribution is 2.35. The van der Waals surface area contributed by atoms with Gasteiger partial charge in [-0.25, -0.2) is 0 Å². The lowest BCUT2D eigenvalue weighted by atomic mass is 9.75. The van der Waals surface area contributed by atoms with Crippen LogP contribution in [0.2, 0.25) is 0 Å². The maximum atomic E-state index is 9.76. The Balaban J connectivity index is 1.83. The topological polar surface area (TPSA) is 32.3 Å². The Morgan fingerprint density at radius 2 is 1.76 bits per heavy atom. The van der Waals surface area contributed by atoms with Crippen LogP contribution in [0.25, 0.3) is 0 Å². The Morgan fingerprint density at radius 1 is 1.12 bits per heavy atom. The molecular formula is C15H29NO. The van der Waals surface area contributed by atoms with E-state index in [-0.39, 0.29) is 5.54 Å². The minimum absolute atomic E-state index is 0.0687. The van der Waals surface area contributed by atoms with Crippen LogP contribution in [0, 0.1) is 5.92 Å². The summed E-state index contributed by atoms with van der Waals surface area (Å²) in [6.45, 7) is 2.62. The Labute approximate surface area is 106 Å². The van der Waals surface area contributed by atoms with E-state index in [1.54, 1.807) is 0 Å². The molecule has 2 heteroatoms. The lowest BCUT2D eigenvalue weighted by Gasteiger charge is -2.41. The Hall–Kier alpha value is -0.0800. The molecule has 0 aliphatic heterocycles. The summed E-state index contributed by atoms with van der Waals surface area (Å²) in [5.74, 6) is 0.921. The molecule has 2 rings (SSSR count). The van der Waals surface area contributed by atoms with Gasteiger partial charge >= 0.3 is 0 Å². The normalized spacial score (nSPS) is 35.3. The second kappa shape index (κ2) is 6.19. The fraction of sp³-hybridized carbons (Fsp3) is 1.00. The zero-order valence-electron chi connectivity index (χ0n) is 11.4. The number of hydrogen-bond donors (Lipinski definition) is 2. The maximum absolute atomic E-state index is 9.76. The number of hydrogen-bond acceptors (Lipinski definition) is 2. The largest absolute Gasteiger partial charge is 0.394 e. The van der Waals surface area contributed by atoms with Crippen LogP contribution in [-0.2, 0) is 0 Å². The number of nitrogens with one attached hydrogen (secondary N) is 1. The van der Waals surface area contributed by atoms with Crippen LogP contribution in [0.3, 0.4) is 0 Å². The zero-order chi connectivity index (χ0) is 12.1. The molecule has 2 fully saturated rings. The lowest BCUT2D eigenvalue weighted by Crippen LogP contribution is -2.54. The maximum Gasteiger partial charge on any atom is 0.0613 e. The van der Waals surface area contributed by atoms with Crippen molar-refractivity contribution in [2.24, 2.45) is 5.92 Å². The third-order valence-corrected chi connectivity index (χ3v) is 4.93. The molecule has 2 aliphatic rings. The molecule has 100 valence electrons. The van der Waals surface area contributed by atoms with Gasteiger partial charge in [-0.3, -0.25) is 0 Å². The lowest BCUT2D eigenvalue weighted by molar-refractivity contribution is 0.0894. The molecule has 0 amide bonds. The first-order chi connectivity index (χ1) is 8.28. The molecule has 0 aromatic rings. The van der Waals surface area contributed by atoms with E-state index in [4.69, 9.17) is 0 Å². The third kappa shape index (κ3) is 3.45. The minimum atomic E-state index is 0.0687. The van der Waals surface area contributed by atoms with Gasteiger partial charge < -0.3 is 10.4 Å². The quantitative estimate of drug-likeness (QED) is 0.772. The SMILES string of the molecule is CCCC1CCC(CO)(NC2CCCC2)CC1. The Bertz CT molecular complexity index is 215. The highest BCUT2D eigenvalue weighted by molar-refractivity contribution is 4.95. The minimum Gasteiger partial charge on any atom is -0.394 e. The zero-order valence-corrected chi connectivity index (χ0v) is 11.4. The average Bonchev–Trinajstić information content (AvgIpc) is 2.85. The first-order valence-electron chi connectivity index (χ1n) is 7.66. The van der Waals surface area contributed by atoms with Crippen molar-refractivity contribution in [1.29, 1.82) is 0 Å². The second-order valence-corrected chi connectivity index (χ2v) is 6.30. The van der Waals surface area contributed by atoms with Crippen molar-refractivity contribution >= 4 is 0 Å². The van der Waals surface area contributed by atoms with Gasteiger partial charge in [0.2, 0.25) is 0 Å². The van der Waals surface area contributed by atoms with Crippen LogP contribution in [0.5, 0.6) is 0 Å². The summed E-state index contributed by atoms with van der Waals surface area (Å²) < 4.78 is 0. The van der Waals surface area contributed by atoms with Crippen molar-refractivity contribution in [2.75, 3.05) is 6.61 Å². The van der Waals surface area contributed by atoms with Crippen LogP contribution in [0.4, 0.5) is 0 Å². The van der Waals surface area contributed by atoms with E-state index in [0.717, 1.165) is 5.92 Å². The van der Waals surface area contributed by atoms with Gasteiger partial charge in [0.05, 0.1) is 6.61 Å². The van der Waals surface area contributed by atoms with E-state index < -0.39 is 0 Å². The van der Waals surface area contributed by atoms with Gasteiger partial charge in [-0.1, -0.05) is 32.6 Å². The van der Waals surface area contributed by atoms with Crippen LogP contribution < -0.4 is 5.32 Å². The summed E-state index contributed by atoms with van der Waals surface area (Å²) in [5, 5.41) is 13.5. The van der Waals surface area contributed by atoms with Crippen LogP contribution in [-0.4, -0.2) is 23.3 Å². The summed E-state index contributed by atoms with van der Waals surface area (Å²) in [5.41, 5.74) is 0.0687. The van der Waals surface area contributed by atoms with Gasteiger partial charge in [0, 0.05) is 11.6 Å². The monoisotopic (exact) mass is 239 g/mol. The van der Waals surface area contributed by atoms with Crippen LogP contribution in [0.1, 0.15) is 71.1 Å². The standard InChI is InChI=1S/C15H29NO/c1-2-5-13-8-10-15(12-17,11-9-13)16-14-6-3-4-7-14/h13-14,16-17H,2-12H2,1H3. The van der Waals surface area contributed by atoms with E-state index in [2.05, 4.69) is 12.2 Å². The molecule has 0 bridgehead atoms. The third-order valence-electron chi connectivity index (χ3n) is 4.93. The molecule has 2 aliphatic carbocycles. The average molecular weight is 239 g/mol. The molecule has 0 aromatic carbocycles. The summed E-state index contributed by atoms with van der Waals surface area (Å²) in [7, 11) is 0. The molecule has 0 radical (unpaired) electrons. The molecule has 0 atom stereocenters. The molecule has 0 saturated heterocycles. The van der Waals surface area contributed by atoms with E-state index in [1.807, 2.05) is 0 Å². The Kier molecular flexibility index (Phi) is 4.87. The highest BCUT2D eigenvalue weighted by Gasteiger charge is 2.36. The van der Waals surface area contributed by atoms with Gasteiger partial charge in [-0.2, -0.15) is 0 Å². The Morgan fingerprint density at radius 3 is 2.29 bits per heavy atom. The fourth-order valence-electron chi connectivity index (χ4n) is 3.78. The summed E-state index contributed by atoms with van der Waals surface area (Å²) in [4.78, 5) is 0. The molecule has 0 aromatic heterocycles. The van der Waals surface area contributed by atoms with Gasteiger partial charge in [0.1, 0.15) is 0 Å². The van der Waals surface area contributed by atoms with Crippen LogP contribution >= 0.6 is 0 Å². The van der Waals surface area contributed by atoms with E-state index in [9.17, 15) is 5.11 Å². The fourth-order valence-corrected chi connectivity index (χ4v) is 3.78. The van der Waals surface area contributed by atoms with E-state index >= 15 is 0 Å². The number of aliphatic hydroxyl groups excluding tert-OH is 1. The first kappa shape index (κ1) is 13.4. The molecule has 0 spiro atoms. The second-order valence-electron chi connectivity index (χ2n) is 6.30. The summed E-state index contributed by atoms with van der Waals surface area (Å²) in [6.07, 6.45) is 13.1. The van der Waals surface area contributed by atoms with Crippen molar-refractivity contribution in [3.05, 3.63) is 0 Å². The molecule has 17 heavy (non-hydrogen) atoms. The first-order valence-corrected chi connectivity index (χ1v) is 7.66. The van der Waals surface area contributed by atoms with Gasteiger partial charge in [-0.05, 0) is 44.4 Å². The van der Waals surface area contributed by atoms with Crippen molar-refractivity contribution < 1.29 is 5.11 Å². The van der Waals surface area contributed by atoms with Crippen molar-refractivity contribution in [1.82, 2.24) is 5.32 Å². The van der Waals surface area contributed by atoms with E-state index in [1.165, 1.54) is 64.2 Å². The number of rotatable bonds is 5. The molecule has 2 nitrogen and oxygen atoms in total. The van der Waals surface area contributed by atoms with Gasteiger partial charge in [0.15, 0.2) is 0 Å². The smallest absolute Gasteiger partial charge is 0.0613 e. The van der Waals surface area contributed by atoms with Crippen LogP contribution in [0.15, 0.2) is 0 Å². The molecule has 2 N–H and O–H groups in total. The highest BCUT2D eigenvalue weighted by atomic mass is 16.3. The van der Waals surface area contributed by atoms with Gasteiger partial charge in [-0.15, -0.1) is 0 Å². The molecule has 0 heterocycles. The molecule has 2 saturated carbocycles. The van der Waals surface area contributed by atoms with E-state index in [0.29, 0.717) is 12.6 Å². The van der Waals surface area contributed by atoms with Gasteiger partial charge in [0.25, 0.3) is 0 Å². The summed E-state index contributed by atoms with van der Waals surface area (Å²) in [6, 6.07) is 0.685. The molecule has 0 unspecified atom stereocenters. The van der Waals surface area contributed by atoms with Crippen molar-refractivity contribution in [3.8, 4) is 0 Å². The summed E-state index contributed by atoms with van der Waals surface area (Å²) >= 11 is 0.